The molecule has 0 saturated carbocycles. The summed E-state index contributed by atoms with van der Waals surface area (Å²) in [6.45, 7) is 4.21. The maximum atomic E-state index is 9.13. The summed E-state index contributed by atoms with van der Waals surface area (Å²) in [5, 5.41) is 16.4. The van der Waals surface area contributed by atoms with E-state index in [1.807, 2.05) is 14.0 Å². The molecular weight excluding hydrogens is 180 g/mol. The van der Waals surface area contributed by atoms with Gasteiger partial charge in [0.15, 0.2) is 0 Å². The van der Waals surface area contributed by atoms with Gasteiger partial charge in [0.25, 0.3) is 0 Å². The predicted octanol–water partition coefficient (Wildman–Crippen LogP) is 0.357. The maximum Gasteiger partial charge on any atom is 0.147 e. The Kier molecular flexibility index (Phi) is 3.35. The van der Waals surface area contributed by atoms with E-state index in [0.717, 1.165) is 17.9 Å². The van der Waals surface area contributed by atoms with Crippen molar-refractivity contribution < 1.29 is 5.11 Å². The number of rotatable bonds is 4. The van der Waals surface area contributed by atoms with E-state index in [4.69, 9.17) is 10.8 Å². The van der Waals surface area contributed by atoms with Gasteiger partial charge in [-0.2, -0.15) is 5.10 Å². The van der Waals surface area contributed by atoms with Crippen LogP contribution in [0.5, 0.6) is 0 Å². The Morgan fingerprint density at radius 3 is 2.71 bits per heavy atom. The van der Waals surface area contributed by atoms with Gasteiger partial charge >= 0.3 is 0 Å². The number of aliphatic hydroxyl groups excluding tert-OH is 1. The van der Waals surface area contributed by atoms with Crippen molar-refractivity contribution in [2.75, 3.05) is 17.6 Å². The largest absolute Gasteiger partial charge is 0.394 e. The molecule has 5 heteroatoms. The topological polar surface area (TPSA) is 76.1 Å². The molecule has 0 bridgehead atoms. The number of anilines is 2. The number of nitrogens with one attached hydrogen (secondary N) is 1. The zero-order valence-electron chi connectivity index (χ0n) is 8.91. The number of nitrogen functional groups attached to an aromatic ring is 1. The Hall–Kier alpha value is -1.23. The van der Waals surface area contributed by atoms with Crippen LogP contribution in [0.3, 0.4) is 0 Å². The molecule has 1 aromatic rings. The van der Waals surface area contributed by atoms with E-state index in [-0.39, 0.29) is 0 Å². The van der Waals surface area contributed by atoms with E-state index in [0.29, 0.717) is 12.2 Å². The fourth-order valence-electron chi connectivity index (χ4n) is 1.31. The maximum absolute atomic E-state index is 9.13. The van der Waals surface area contributed by atoms with Crippen LogP contribution in [0.15, 0.2) is 0 Å². The van der Waals surface area contributed by atoms with E-state index in [1.165, 1.54) is 0 Å². The Bertz CT molecular complexity index is 306. The van der Waals surface area contributed by atoms with E-state index >= 15 is 0 Å². The zero-order valence-corrected chi connectivity index (χ0v) is 8.91. The van der Waals surface area contributed by atoms with E-state index < -0.39 is 6.10 Å². The van der Waals surface area contributed by atoms with Crippen molar-refractivity contribution in [2.45, 2.75) is 26.4 Å². The van der Waals surface area contributed by atoms with Crippen LogP contribution >= 0.6 is 0 Å². The van der Waals surface area contributed by atoms with Gasteiger partial charge in [-0.05, 0) is 13.3 Å². The van der Waals surface area contributed by atoms with Crippen LogP contribution in [0.2, 0.25) is 0 Å². The highest BCUT2D eigenvalue weighted by Crippen LogP contribution is 2.21. The molecule has 0 fully saturated rings. The lowest BCUT2D eigenvalue weighted by Crippen LogP contribution is -2.17. The Labute approximate surface area is 83.9 Å². The summed E-state index contributed by atoms with van der Waals surface area (Å²) in [6, 6.07) is 0. The van der Waals surface area contributed by atoms with E-state index in [2.05, 4.69) is 10.4 Å². The normalized spacial score (nSPS) is 12.9. The predicted molar refractivity (Wildman–Crippen MR) is 57.2 cm³/mol. The first kappa shape index (κ1) is 10.8. The third-order valence-electron chi connectivity index (χ3n) is 2.06. The zero-order chi connectivity index (χ0) is 10.7. The molecule has 14 heavy (non-hydrogen) atoms. The lowest BCUT2D eigenvalue weighted by Gasteiger charge is -2.08. The van der Waals surface area contributed by atoms with Gasteiger partial charge in [0, 0.05) is 13.6 Å². The molecule has 0 spiro atoms. The molecule has 0 aliphatic rings. The number of nitrogens with zero attached hydrogens (tertiary/aromatic N) is 2. The minimum absolute atomic E-state index is 0.394. The molecular formula is C9H18N4O. The smallest absolute Gasteiger partial charge is 0.147 e. The Morgan fingerprint density at radius 2 is 2.29 bits per heavy atom. The number of aryl methyl sites for hydroxylation is 2. The van der Waals surface area contributed by atoms with Crippen LogP contribution in [0.25, 0.3) is 0 Å². The monoisotopic (exact) mass is 198 g/mol. The van der Waals surface area contributed by atoms with Crippen LogP contribution in [0, 0.1) is 0 Å². The fourth-order valence-corrected chi connectivity index (χ4v) is 1.31. The Morgan fingerprint density at radius 1 is 1.64 bits per heavy atom. The van der Waals surface area contributed by atoms with Crippen molar-refractivity contribution in [1.82, 2.24) is 9.78 Å². The molecule has 0 aliphatic carbocycles. The van der Waals surface area contributed by atoms with Crippen LogP contribution in [0.4, 0.5) is 11.5 Å². The number of aromatic nitrogens is 2. The third kappa shape index (κ3) is 2.17. The molecule has 0 aromatic carbocycles. The highest BCUT2D eigenvalue weighted by Gasteiger charge is 2.11. The number of hydrogen-bond donors (Lipinski definition) is 3. The van der Waals surface area contributed by atoms with Gasteiger partial charge in [-0.3, -0.25) is 4.68 Å². The van der Waals surface area contributed by atoms with Gasteiger partial charge in [0.2, 0.25) is 0 Å². The molecule has 1 unspecified atom stereocenters. The average Bonchev–Trinajstić information content (AvgIpc) is 2.39. The summed E-state index contributed by atoms with van der Waals surface area (Å²) in [4.78, 5) is 0. The second-order valence-electron chi connectivity index (χ2n) is 3.42. The number of hydrogen-bond acceptors (Lipinski definition) is 4. The summed E-state index contributed by atoms with van der Waals surface area (Å²) in [6.07, 6.45) is 0.421. The molecule has 80 valence electrons. The molecule has 1 atom stereocenters. The van der Waals surface area contributed by atoms with Gasteiger partial charge < -0.3 is 16.2 Å². The van der Waals surface area contributed by atoms with Crippen LogP contribution < -0.4 is 11.1 Å². The molecule has 4 N–H and O–H groups in total. The number of aliphatic hydroxyl groups is 1. The van der Waals surface area contributed by atoms with E-state index in [9.17, 15) is 0 Å². The first-order valence-corrected chi connectivity index (χ1v) is 4.79. The summed E-state index contributed by atoms with van der Waals surface area (Å²) in [7, 11) is 1.83. The van der Waals surface area contributed by atoms with Gasteiger partial charge in [-0.25, -0.2) is 0 Å². The molecule has 0 amide bonds. The highest BCUT2D eigenvalue weighted by atomic mass is 16.3. The second-order valence-corrected chi connectivity index (χ2v) is 3.42. The lowest BCUT2D eigenvalue weighted by molar-refractivity contribution is 0.208. The van der Waals surface area contributed by atoms with Crippen molar-refractivity contribution in [2.24, 2.45) is 7.05 Å². The summed E-state index contributed by atoms with van der Waals surface area (Å²) < 4.78 is 1.70. The standard InChI is InChI=1S/C9H18N4O/c1-4-7-8(10)9(13(3)12-7)11-5-6(2)14/h6,11,14H,4-5,10H2,1-3H3. The molecule has 1 aromatic heterocycles. The van der Waals surface area contributed by atoms with Crippen LogP contribution in [-0.4, -0.2) is 27.5 Å². The molecule has 0 radical (unpaired) electrons. The van der Waals surface area contributed by atoms with Gasteiger partial charge in [0.1, 0.15) is 5.82 Å². The fraction of sp³-hybridized carbons (Fsp3) is 0.667. The summed E-state index contributed by atoms with van der Waals surface area (Å²) in [5.41, 5.74) is 7.44. The van der Waals surface area contributed by atoms with Crippen LogP contribution in [-0.2, 0) is 13.5 Å². The van der Waals surface area contributed by atoms with Crippen molar-refractivity contribution in [1.29, 1.82) is 0 Å². The summed E-state index contributed by atoms with van der Waals surface area (Å²) in [5.74, 6) is 0.780. The summed E-state index contributed by atoms with van der Waals surface area (Å²) >= 11 is 0. The van der Waals surface area contributed by atoms with Crippen molar-refractivity contribution in [3.8, 4) is 0 Å². The highest BCUT2D eigenvalue weighted by molar-refractivity contribution is 5.64. The minimum Gasteiger partial charge on any atom is -0.394 e. The average molecular weight is 198 g/mol. The molecule has 1 heterocycles. The first-order chi connectivity index (χ1) is 6.56. The van der Waals surface area contributed by atoms with Crippen molar-refractivity contribution >= 4 is 11.5 Å². The van der Waals surface area contributed by atoms with Crippen LogP contribution in [0.1, 0.15) is 19.5 Å². The van der Waals surface area contributed by atoms with Gasteiger partial charge in [-0.15, -0.1) is 0 Å². The third-order valence-corrected chi connectivity index (χ3v) is 2.06. The van der Waals surface area contributed by atoms with Gasteiger partial charge in [0.05, 0.1) is 17.5 Å². The van der Waals surface area contributed by atoms with E-state index in [1.54, 1.807) is 11.6 Å². The number of nitrogens with two attached hydrogens (primary N) is 1. The van der Waals surface area contributed by atoms with Crippen molar-refractivity contribution in [3.05, 3.63) is 5.69 Å². The molecule has 0 aliphatic heterocycles. The first-order valence-electron chi connectivity index (χ1n) is 4.79. The molecule has 0 saturated heterocycles. The second kappa shape index (κ2) is 4.32. The SMILES string of the molecule is CCc1nn(C)c(NCC(C)O)c1N. The molecule has 1 rings (SSSR count). The van der Waals surface area contributed by atoms with Gasteiger partial charge in [-0.1, -0.05) is 6.92 Å². The van der Waals surface area contributed by atoms with Crippen molar-refractivity contribution in [3.63, 3.8) is 0 Å². The Balaban J connectivity index is 2.80. The molecule has 5 nitrogen and oxygen atoms in total. The lowest BCUT2D eigenvalue weighted by atomic mass is 10.3. The quantitative estimate of drug-likeness (QED) is 0.653. The minimum atomic E-state index is -0.394.